The minimum atomic E-state index is -0.163. The van der Waals surface area contributed by atoms with Crippen molar-refractivity contribution in [1.82, 2.24) is 5.32 Å². The molecule has 1 N–H and O–H groups in total. The molecule has 0 radical (unpaired) electrons. The van der Waals surface area contributed by atoms with Crippen LogP contribution < -0.4 is 5.32 Å². The van der Waals surface area contributed by atoms with E-state index in [1.54, 1.807) is 12.1 Å². The summed E-state index contributed by atoms with van der Waals surface area (Å²) in [5.41, 5.74) is 6.93. The molecule has 0 saturated carbocycles. The lowest BCUT2D eigenvalue weighted by Crippen LogP contribution is -2.24. The number of benzene rings is 2. The number of hydrogen-bond donors (Lipinski definition) is 1. The van der Waals surface area contributed by atoms with E-state index in [1.807, 2.05) is 13.8 Å². The van der Waals surface area contributed by atoms with E-state index in [9.17, 15) is 4.39 Å². The highest BCUT2D eigenvalue weighted by molar-refractivity contribution is 5.44. The first-order chi connectivity index (χ1) is 9.92. The van der Waals surface area contributed by atoms with Gasteiger partial charge in [0.1, 0.15) is 5.82 Å². The summed E-state index contributed by atoms with van der Waals surface area (Å²) in [6, 6.07) is 9.95. The van der Waals surface area contributed by atoms with Gasteiger partial charge in [0, 0.05) is 0 Å². The van der Waals surface area contributed by atoms with E-state index in [4.69, 9.17) is 0 Å². The maximum atomic E-state index is 13.6. The van der Waals surface area contributed by atoms with Crippen molar-refractivity contribution < 1.29 is 4.39 Å². The van der Waals surface area contributed by atoms with Gasteiger partial charge in [-0.2, -0.15) is 0 Å². The summed E-state index contributed by atoms with van der Waals surface area (Å²) < 4.78 is 13.6. The largest absolute Gasteiger partial charge is 0.307 e. The molecule has 0 bridgehead atoms. The normalized spacial score (nSPS) is 12.5. The molecular formula is C19H24FN. The molecule has 2 heteroatoms. The molecule has 112 valence electrons. The van der Waals surface area contributed by atoms with Gasteiger partial charge in [-0.05, 0) is 68.6 Å². The average molecular weight is 285 g/mol. The molecule has 2 rings (SSSR count). The number of nitrogens with one attached hydrogen (secondary N) is 1. The fourth-order valence-corrected chi connectivity index (χ4v) is 3.14. The zero-order valence-electron chi connectivity index (χ0n) is 13.5. The molecule has 0 aliphatic carbocycles. The molecule has 0 heterocycles. The average Bonchev–Trinajstić information content (AvgIpc) is 2.35. The highest BCUT2D eigenvalue weighted by Gasteiger charge is 2.18. The van der Waals surface area contributed by atoms with Crippen molar-refractivity contribution in [3.8, 4) is 0 Å². The van der Waals surface area contributed by atoms with Gasteiger partial charge in [0.25, 0.3) is 0 Å². The minimum Gasteiger partial charge on any atom is -0.307 e. The molecule has 1 atom stereocenters. The van der Waals surface area contributed by atoms with E-state index in [-0.39, 0.29) is 11.9 Å². The summed E-state index contributed by atoms with van der Waals surface area (Å²) in [4.78, 5) is 0. The van der Waals surface area contributed by atoms with E-state index >= 15 is 0 Å². The third kappa shape index (κ3) is 3.51. The van der Waals surface area contributed by atoms with E-state index in [1.165, 1.54) is 22.3 Å². The predicted octanol–water partition coefficient (Wildman–Crippen LogP) is 4.76. The molecule has 1 nitrogen and oxygen atoms in total. The van der Waals surface area contributed by atoms with Gasteiger partial charge in [0.05, 0.1) is 6.04 Å². The number of aryl methyl sites for hydroxylation is 4. The standard InChI is InChI=1S/C19H24FN/c1-6-21-19(16-8-12(2)7-13(3)9-16)18-14(4)10-17(20)11-15(18)5/h7-11,19,21H,6H2,1-5H3. The molecule has 2 aromatic rings. The van der Waals surface area contributed by atoms with Crippen LogP contribution in [0.5, 0.6) is 0 Å². The fourth-order valence-electron chi connectivity index (χ4n) is 3.14. The van der Waals surface area contributed by atoms with Crippen LogP contribution >= 0.6 is 0 Å². The first-order valence-electron chi connectivity index (χ1n) is 7.50. The van der Waals surface area contributed by atoms with Crippen molar-refractivity contribution in [1.29, 1.82) is 0 Å². The Morgan fingerprint density at radius 1 is 0.905 bits per heavy atom. The Balaban J connectivity index is 2.58. The minimum absolute atomic E-state index is 0.106. The summed E-state index contributed by atoms with van der Waals surface area (Å²) in [6.45, 7) is 11.2. The van der Waals surface area contributed by atoms with E-state index in [2.05, 4.69) is 44.3 Å². The molecule has 0 saturated heterocycles. The third-order valence-corrected chi connectivity index (χ3v) is 3.83. The predicted molar refractivity (Wildman–Crippen MR) is 87.3 cm³/mol. The molecule has 0 fully saturated rings. The van der Waals surface area contributed by atoms with Gasteiger partial charge in [-0.1, -0.05) is 36.2 Å². The topological polar surface area (TPSA) is 12.0 Å². The third-order valence-electron chi connectivity index (χ3n) is 3.83. The Labute approximate surface area is 127 Å². The van der Waals surface area contributed by atoms with Crippen LogP contribution in [-0.2, 0) is 0 Å². The number of rotatable bonds is 4. The van der Waals surface area contributed by atoms with Crippen LogP contribution in [0, 0.1) is 33.5 Å². The second-order valence-corrected chi connectivity index (χ2v) is 5.86. The van der Waals surface area contributed by atoms with Gasteiger partial charge in [-0.3, -0.25) is 0 Å². The van der Waals surface area contributed by atoms with Crippen LogP contribution in [0.3, 0.4) is 0 Å². The van der Waals surface area contributed by atoms with Crippen molar-refractivity contribution in [2.24, 2.45) is 0 Å². The Bertz CT molecular complexity index is 603. The van der Waals surface area contributed by atoms with Crippen molar-refractivity contribution in [2.75, 3.05) is 6.54 Å². The molecule has 0 spiro atoms. The molecule has 21 heavy (non-hydrogen) atoms. The quantitative estimate of drug-likeness (QED) is 0.854. The molecule has 0 aromatic heterocycles. The van der Waals surface area contributed by atoms with Crippen molar-refractivity contribution >= 4 is 0 Å². The first kappa shape index (κ1) is 15.7. The maximum Gasteiger partial charge on any atom is 0.123 e. The Kier molecular flexibility index (Phi) is 4.79. The lowest BCUT2D eigenvalue weighted by Gasteiger charge is -2.24. The van der Waals surface area contributed by atoms with Crippen molar-refractivity contribution in [3.63, 3.8) is 0 Å². The van der Waals surface area contributed by atoms with Crippen LogP contribution in [0.1, 0.15) is 46.3 Å². The second-order valence-electron chi connectivity index (χ2n) is 5.86. The second kappa shape index (κ2) is 6.40. The van der Waals surface area contributed by atoms with Crippen LogP contribution in [0.4, 0.5) is 4.39 Å². The van der Waals surface area contributed by atoms with Crippen molar-refractivity contribution in [3.05, 3.63) is 69.5 Å². The molecular weight excluding hydrogens is 261 g/mol. The Morgan fingerprint density at radius 3 is 1.90 bits per heavy atom. The van der Waals surface area contributed by atoms with Gasteiger partial charge in [0.2, 0.25) is 0 Å². The smallest absolute Gasteiger partial charge is 0.123 e. The molecule has 0 aliphatic rings. The summed E-state index contributed by atoms with van der Waals surface area (Å²) in [5.74, 6) is -0.163. The molecule has 0 amide bonds. The Hall–Kier alpha value is -1.67. The monoisotopic (exact) mass is 285 g/mol. The SMILES string of the molecule is CCNC(c1cc(C)cc(C)c1)c1c(C)cc(F)cc1C. The number of hydrogen-bond acceptors (Lipinski definition) is 1. The van der Waals surface area contributed by atoms with Gasteiger partial charge in [-0.15, -0.1) is 0 Å². The number of halogens is 1. The van der Waals surface area contributed by atoms with Crippen LogP contribution in [0.25, 0.3) is 0 Å². The van der Waals surface area contributed by atoms with E-state index < -0.39 is 0 Å². The summed E-state index contributed by atoms with van der Waals surface area (Å²) >= 11 is 0. The zero-order valence-corrected chi connectivity index (χ0v) is 13.5. The maximum absolute atomic E-state index is 13.6. The van der Waals surface area contributed by atoms with Gasteiger partial charge < -0.3 is 5.32 Å². The van der Waals surface area contributed by atoms with Crippen LogP contribution in [0.15, 0.2) is 30.3 Å². The van der Waals surface area contributed by atoms with Crippen LogP contribution in [-0.4, -0.2) is 6.54 Å². The van der Waals surface area contributed by atoms with Crippen LogP contribution in [0.2, 0.25) is 0 Å². The van der Waals surface area contributed by atoms with Gasteiger partial charge in [0.15, 0.2) is 0 Å². The molecule has 0 aliphatic heterocycles. The molecule has 1 unspecified atom stereocenters. The van der Waals surface area contributed by atoms with E-state index in [0.717, 1.165) is 17.7 Å². The first-order valence-corrected chi connectivity index (χ1v) is 7.50. The molecule has 2 aromatic carbocycles. The lowest BCUT2D eigenvalue weighted by molar-refractivity contribution is 0.606. The lowest BCUT2D eigenvalue weighted by atomic mass is 9.89. The van der Waals surface area contributed by atoms with Gasteiger partial charge in [-0.25, -0.2) is 4.39 Å². The van der Waals surface area contributed by atoms with Crippen molar-refractivity contribution in [2.45, 2.75) is 40.7 Å². The summed E-state index contributed by atoms with van der Waals surface area (Å²) in [6.07, 6.45) is 0. The fraction of sp³-hybridized carbons (Fsp3) is 0.368. The Morgan fingerprint density at radius 2 is 1.43 bits per heavy atom. The highest BCUT2D eigenvalue weighted by atomic mass is 19.1. The van der Waals surface area contributed by atoms with E-state index in [0.29, 0.717) is 0 Å². The summed E-state index contributed by atoms with van der Waals surface area (Å²) in [5, 5.41) is 3.55. The van der Waals surface area contributed by atoms with Gasteiger partial charge >= 0.3 is 0 Å². The summed E-state index contributed by atoms with van der Waals surface area (Å²) in [7, 11) is 0. The highest BCUT2D eigenvalue weighted by Crippen LogP contribution is 2.29. The zero-order chi connectivity index (χ0) is 15.6.